The van der Waals surface area contributed by atoms with Crippen LogP contribution < -0.4 is 9.47 Å². The number of ketones is 1. The van der Waals surface area contributed by atoms with Gasteiger partial charge in [-0.05, 0) is 36.2 Å². The first-order chi connectivity index (χ1) is 12.8. The number of benzene rings is 2. The van der Waals surface area contributed by atoms with Gasteiger partial charge in [-0.15, -0.1) is 0 Å². The molecule has 3 rings (SSSR count). The first-order valence-corrected chi connectivity index (χ1v) is 8.32. The zero-order chi connectivity index (χ0) is 19.6. The van der Waals surface area contributed by atoms with E-state index < -0.39 is 11.7 Å². The van der Waals surface area contributed by atoms with Crippen LogP contribution in [0.4, 0.5) is 13.2 Å². The second-order valence-corrected chi connectivity index (χ2v) is 6.12. The minimum absolute atomic E-state index is 0.00779. The molecule has 0 saturated carbocycles. The highest BCUT2D eigenvalue weighted by molar-refractivity contribution is 6.16. The van der Waals surface area contributed by atoms with Gasteiger partial charge in [-0.25, -0.2) is 0 Å². The van der Waals surface area contributed by atoms with E-state index in [1.54, 1.807) is 13.2 Å². The fraction of sp³-hybridized carbons (Fsp3) is 0.300. The summed E-state index contributed by atoms with van der Waals surface area (Å²) in [5.74, 6) is 0.851. The SMILES string of the molecule is COc1cc2c(cc1OC)C(CC(=O)c1ccc(C(F)(F)F)cc1)=NCC2. The maximum Gasteiger partial charge on any atom is 0.416 e. The molecule has 0 unspecified atom stereocenters. The number of hydrogen-bond donors (Lipinski definition) is 0. The predicted molar refractivity (Wildman–Crippen MR) is 95.0 cm³/mol. The number of ether oxygens (including phenoxy) is 2. The number of aliphatic imine (C=N–C) groups is 1. The van der Waals surface area contributed by atoms with Gasteiger partial charge >= 0.3 is 6.18 Å². The van der Waals surface area contributed by atoms with Gasteiger partial charge in [0.15, 0.2) is 17.3 Å². The zero-order valence-electron chi connectivity index (χ0n) is 14.9. The van der Waals surface area contributed by atoms with Crippen LogP contribution in [-0.4, -0.2) is 32.3 Å². The summed E-state index contributed by atoms with van der Waals surface area (Å²) in [6.45, 7) is 0.540. The minimum Gasteiger partial charge on any atom is -0.493 e. The normalized spacial score (nSPS) is 13.6. The molecule has 1 aliphatic heterocycles. The maximum absolute atomic E-state index is 12.7. The van der Waals surface area contributed by atoms with E-state index in [4.69, 9.17) is 9.47 Å². The summed E-state index contributed by atoms with van der Waals surface area (Å²) in [5.41, 5.74) is 1.84. The molecular weight excluding hydrogens is 359 g/mol. The Labute approximate surface area is 154 Å². The van der Waals surface area contributed by atoms with Crippen molar-refractivity contribution in [2.75, 3.05) is 20.8 Å². The molecule has 2 aromatic rings. The number of rotatable bonds is 5. The predicted octanol–water partition coefficient (Wildman–Crippen LogP) is 4.34. The van der Waals surface area contributed by atoms with Crippen LogP contribution in [0.25, 0.3) is 0 Å². The van der Waals surface area contributed by atoms with Crippen molar-refractivity contribution in [2.45, 2.75) is 19.0 Å². The quantitative estimate of drug-likeness (QED) is 0.729. The summed E-state index contributed by atoms with van der Waals surface area (Å²) < 4.78 is 48.6. The first-order valence-electron chi connectivity index (χ1n) is 8.32. The van der Waals surface area contributed by atoms with E-state index in [0.717, 1.165) is 23.3 Å². The van der Waals surface area contributed by atoms with E-state index >= 15 is 0 Å². The molecule has 0 aliphatic carbocycles. The molecule has 0 radical (unpaired) electrons. The van der Waals surface area contributed by atoms with Crippen molar-refractivity contribution in [1.82, 2.24) is 0 Å². The van der Waals surface area contributed by atoms with Crippen molar-refractivity contribution in [3.8, 4) is 11.5 Å². The summed E-state index contributed by atoms with van der Waals surface area (Å²) in [6, 6.07) is 7.88. The number of halogens is 3. The third-order valence-corrected chi connectivity index (χ3v) is 4.47. The van der Waals surface area contributed by atoms with Gasteiger partial charge in [0.25, 0.3) is 0 Å². The Morgan fingerprint density at radius 3 is 2.30 bits per heavy atom. The maximum atomic E-state index is 12.7. The standard InChI is InChI=1S/C20H18F3NO3/c1-26-18-9-13-7-8-24-16(15(13)10-19(18)27-2)11-17(25)12-3-5-14(6-4-12)20(21,22)23/h3-6,9-10H,7-8,11H2,1-2H3. The zero-order valence-corrected chi connectivity index (χ0v) is 14.9. The number of fused-ring (bicyclic) bond motifs is 1. The number of carbonyl (C=O) groups excluding carboxylic acids is 1. The molecule has 0 bridgehead atoms. The Balaban J connectivity index is 1.84. The molecular formula is C20H18F3NO3. The Morgan fingerprint density at radius 2 is 1.70 bits per heavy atom. The number of Topliss-reactive ketones (excluding diaryl/α,β-unsaturated/α-hetero) is 1. The van der Waals surface area contributed by atoms with Crippen LogP contribution >= 0.6 is 0 Å². The number of hydrogen-bond acceptors (Lipinski definition) is 4. The molecule has 0 amide bonds. The summed E-state index contributed by atoms with van der Waals surface area (Å²) in [4.78, 5) is 17.0. The summed E-state index contributed by atoms with van der Waals surface area (Å²) in [5, 5.41) is 0. The molecule has 0 saturated heterocycles. The van der Waals surface area contributed by atoms with Crippen LogP contribution in [0.2, 0.25) is 0 Å². The lowest BCUT2D eigenvalue weighted by Gasteiger charge is -2.19. The topological polar surface area (TPSA) is 47.9 Å². The lowest BCUT2D eigenvalue weighted by molar-refractivity contribution is -0.137. The molecule has 0 atom stereocenters. The van der Waals surface area contributed by atoms with E-state index in [1.807, 2.05) is 6.07 Å². The highest BCUT2D eigenvalue weighted by atomic mass is 19.4. The number of carbonyl (C=O) groups is 1. The molecule has 0 spiro atoms. The van der Waals surface area contributed by atoms with Gasteiger partial charge in [-0.1, -0.05) is 12.1 Å². The molecule has 142 valence electrons. The van der Waals surface area contributed by atoms with Gasteiger partial charge in [-0.3, -0.25) is 9.79 Å². The van der Waals surface area contributed by atoms with Crippen molar-refractivity contribution >= 4 is 11.5 Å². The fourth-order valence-corrected chi connectivity index (χ4v) is 3.04. The fourth-order valence-electron chi connectivity index (χ4n) is 3.04. The van der Waals surface area contributed by atoms with Crippen molar-refractivity contribution in [3.05, 3.63) is 58.7 Å². The second kappa shape index (κ2) is 7.42. The molecule has 0 fully saturated rings. The summed E-state index contributed by atoms with van der Waals surface area (Å²) in [6.07, 6.45) is -3.70. The van der Waals surface area contributed by atoms with Crippen LogP contribution in [0.5, 0.6) is 11.5 Å². The van der Waals surface area contributed by atoms with E-state index in [9.17, 15) is 18.0 Å². The van der Waals surface area contributed by atoms with Crippen molar-refractivity contribution in [2.24, 2.45) is 4.99 Å². The smallest absolute Gasteiger partial charge is 0.416 e. The van der Waals surface area contributed by atoms with Crippen molar-refractivity contribution < 1.29 is 27.4 Å². The lowest BCUT2D eigenvalue weighted by Crippen LogP contribution is -2.17. The van der Waals surface area contributed by atoms with Crippen molar-refractivity contribution in [1.29, 1.82) is 0 Å². The van der Waals surface area contributed by atoms with E-state index in [0.29, 0.717) is 30.2 Å². The molecule has 27 heavy (non-hydrogen) atoms. The minimum atomic E-state index is -4.43. The monoisotopic (exact) mass is 377 g/mol. The number of nitrogens with zero attached hydrogens (tertiary/aromatic N) is 1. The van der Waals surface area contributed by atoms with Crippen LogP contribution in [-0.2, 0) is 12.6 Å². The number of methoxy groups -OCH3 is 2. The van der Waals surface area contributed by atoms with Gasteiger partial charge in [0.1, 0.15) is 0 Å². The Hall–Kier alpha value is -2.83. The molecule has 0 N–H and O–H groups in total. The van der Waals surface area contributed by atoms with E-state index in [1.165, 1.54) is 19.2 Å². The Morgan fingerprint density at radius 1 is 1.07 bits per heavy atom. The van der Waals surface area contributed by atoms with Crippen LogP contribution in [0, 0.1) is 0 Å². The summed E-state index contributed by atoms with van der Waals surface area (Å²) in [7, 11) is 3.08. The van der Waals surface area contributed by atoms with Crippen LogP contribution in [0.15, 0.2) is 41.4 Å². The van der Waals surface area contributed by atoms with Gasteiger partial charge < -0.3 is 9.47 Å². The molecule has 2 aromatic carbocycles. The Kier molecular flexibility index (Phi) is 5.21. The van der Waals surface area contributed by atoms with E-state index in [2.05, 4.69) is 4.99 Å². The average molecular weight is 377 g/mol. The van der Waals surface area contributed by atoms with Gasteiger partial charge in [0, 0.05) is 17.7 Å². The van der Waals surface area contributed by atoms with Crippen molar-refractivity contribution in [3.63, 3.8) is 0 Å². The third kappa shape index (κ3) is 3.97. The lowest BCUT2D eigenvalue weighted by atomic mass is 9.92. The molecule has 7 heteroatoms. The van der Waals surface area contributed by atoms with Gasteiger partial charge in [0.05, 0.1) is 31.9 Å². The largest absolute Gasteiger partial charge is 0.493 e. The molecule has 4 nitrogen and oxygen atoms in total. The van der Waals surface area contributed by atoms with E-state index in [-0.39, 0.29) is 17.8 Å². The second-order valence-electron chi connectivity index (χ2n) is 6.12. The highest BCUT2D eigenvalue weighted by Gasteiger charge is 2.30. The molecule has 0 aromatic heterocycles. The van der Waals surface area contributed by atoms with Gasteiger partial charge in [0.2, 0.25) is 0 Å². The average Bonchev–Trinajstić information content (AvgIpc) is 2.66. The Bertz CT molecular complexity index is 887. The third-order valence-electron chi connectivity index (χ3n) is 4.47. The first kappa shape index (κ1) is 18.9. The van der Waals surface area contributed by atoms with Crippen LogP contribution in [0.3, 0.4) is 0 Å². The number of alkyl halides is 3. The molecule has 1 heterocycles. The highest BCUT2D eigenvalue weighted by Crippen LogP contribution is 2.33. The summed E-state index contributed by atoms with van der Waals surface area (Å²) >= 11 is 0. The van der Waals surface area contributed by atoms with Crippen LogP contribution in [0.1, 0.15) is 33.5 Å². The van der Waals surface area contributed by atoms with Gasteiger partial charge in [-0.2, -0.15) is 13.2 Å². The molecule has 1 aliphatic rings.